The Bertz CT molecular complexity index is 448. The van der Waals surface area contributed by atoms with Gasteiger partial charge in [-0.05, 0) is 75.4 Å². The van der Waals surface area contributed by atoms with Gasteiger partial charge in [0.05, 0.1) is 0 Å². The summed E-state index contributed by atoms with van der Waals surface area (Å²) < 4.78 is 0. The molecule has 1 heterocycles. The van der Waals surface area contributed by atoms with E-state index in [1.54, 1.807) is 0 Å². The molecule has 0 spiro atoms. The molecule has 1 aromatic rings. The Kier molecular flexibility index (Phi) is 4.65. The number of likely N-dealkylation sites (tertiary alicyclic amines) is 1. The third kappa shape index (κ3) is 3.97. The van der Waals surface area contributed by atoms with Crippen LogP contribution in [-0.2, 0) is 6.54 Å². The third-order valence-corrected chi connectivity index (χ3v) is 4.93. The van der Waals surface area contributed by atoms with Crippen LogP contribution in [0.5, 0.6) is 0 Å². The monoisotopic (exact) mass is 292 g/mol. The highest BCUT2D eigenvalue weighted by Crippen LogP contribution is 2.28. The normalized spacial score (nSPS) is 21.3. The molecule has 2 nitrogen and oxygen atoms in total. The minimum atomic E-state index is 0.736. The molecule has 1 aliphatic heterocycles. The van der Waals surface area contributed by atoms with Crippen molar-refractivity contribution in [3.05, 3.63) is 34.3 Å². The molecule has 20 heavy (non-hydrogen) atoms. The highest BCUT2D eigenvalue weighted by Gasteiger charge is 2.24. The number of hydrogen-bond acceptors (Lipinski definition) is 2. The van der Waals surface area contributed by atoms with E-state index in [9.17, 15) is 0 Å². The molecule has 1 aliphatic carbocycles. The van der Waals surface area contributed by atoms with Crippen LogP contribution in [0.4, 0.5) is 0 Å². The summed E-state index contributed by atoms with van der Waals surface area (Å²) in [5, 5.41) is 4.65. The molecule has 1 saturated heterocycles. The predicted molar refractivity (Wildman–Crippen MR) is 85.2 cm³/mol. The van der Waals surface area contributed by atoms with Crippen molar-refractivity contribution in [2.45, 2.75) is 45.2 Å². The highest BCUT2D eigenvalue weighted by atomic mass is 35.5. The average molecular weight is 293 g/mol. The van der Waals surface area contributed by atoms with E-state index in [2.05, 4.69) is 35.3 Å². The maximum absolute atomic E-state index is 6.33. The lowest BCUT2D eigenvalue weighted by atomic mass is 10.0. The van der Waals surface area contributed by atoms with Gasteiger partial charge in [-0.25, -0.2) is 0 Å². The third-order valence-electron chi connectivity index (χ3n) is 4.58. The van der Waals surface area contributed by atoms with E-state index in [4.69, 9.17) is 11.6 Å². The maximum Gasteiger partial charge on any atom is 0.0453 e. The van der Waals surface area contributed by atoms with E-state index in [1.807, 2.05) is 0 Å². The topological polar surface area (TPSA) is 15.3 Å². The molecule has 1 aromatic carbocycles. The van der Waals surface area contributed by atoms with E-state index in [-0.39, 0.29) is 0 Å². The summed E-state index contributed by atoms with van der Waals surface area (Å²) in [6, 6.07) is 7.14. The molecule has 1 saturated carbocycles. The molecule has 0 aromatic heterocycles. The van der Waals surface area contributed by atoms with Gasteiger partial charge in [0.1, 0.15) is 0 Å². The zero-order valence-corrected chi connectivity index (χ0v) is 13.1. The summed E-state index contributed by atoms with van der Waals surface area (Å²) in [6.07, 6.45) is 5.43. The van der Waals surface area contributed by atoms with Gasteiger partial charge in [-0.15, -0.1) is 0 Å². The number of halogens is 1. The average Bonchev–Trinajstić information content (AvgIpc) is 3.25. The first-order chi connectivity index (χ1) is 9.70. The Balaban J connectivity index is 1.45. The molecule has 0 radical (unpaired) electrons. The van der Waals surface area contributed by atoms with E-state index in [0.717, 1.165) is 23.5 Å². The fourth-order valence-electron chi connectivity index (χ4n) is 2.97. The Morgan fingerprint density at radius 1 is 1.20 bits per heavy atom. The standard InChI is InChI=1S/C17H25ClN2/c1-13-2-5-15(17(18)10-13)12-20-8-6-16(7-9-20)19-11-14-3-4-14/h2,5,10,14,16,19H,3-4,6-9,11-12H2,1H3. The molecule has 0 atom stereocenters. The summed E-state index contributed by atoms with van der Waals surface area (Å²) >= 11 is 6.33. The van der Waals surface area contributed by atoms with Crippen LogP contribution in [0.25, 0.3) is 0 Å². The van der Waals surface area contributed by atoms with Crippen molar-refractivity contribution in [1.29, 1.82) is 0 Å². The van der Waals surface area contributed by atoms with Crippen LogP contribution in [0.1, 0.15) is 36.8 Å². The molecule has 2 fully saturated rings. The van der Waals surface area contributed by atoms with E-state index in [1.165, 1.54) is 56.4 Å². The molecule has 3 heteroatoms. The van der Waals surface area contributed by atoms with Crippen LogP contribution in [0, 0.1) is 12.8 Å². The zero-order chi connectivity index (χ0) is 13.9. The number of rotatable bonds is 5. The Morgan fingerprint density at radius 3 is 2.60 bits per heavy atom. The molecular formula is C17H25ClN2. The van der Waals surface area contributed by atoms with Crippen LogP contribution >= 0.6 is 11.6 Å². The minimum absolute atomic E-state index is 0.736. The summed E-state index contributed by atoms with van der Waals surface area (Å²) in [7, 11) is 0. The summed E-state index contributed by atoms with van der Waals surface area (Å²) in [5.74, 6) is 0.986. The second-order valence-electron chi connectivity index (χ2n) is 6.50. The molecule has 1 N–H and O–H groups in total. The van der Waals surface area contributed by atoms with Crippen molar-refractivity contribution in [3.63, 3.8) is 0 Å². The Hall–Kier alpha value is -0.570. The van der Waals surface area contributed by atoms with Gasteiger partial charge in [-0.2, -0.15) is 0 Å². The van der Waals surface area contributed by atoms with E-state index in [0.29, 0.717) is 0 Å². The Labute approximate surface area is 127 Å². The fraction of sp³-hybridized carbons (Fsp3) is 0.647. The van der Waals surface area contributed by atoms with Crippen LogP contribution in [0.3, 0.4) is 0 Å². The second-order valence-corrected chi connectivity index (χ2v) is 6.90. The number of hydrogen-bond donors (Lipinski definition) is 1. The smallest absolute Gasteiger partial charge is 0.0453 e. The van der Waals surface area contributed by atoms with Gasteiger partial charge in [0.15, 0.2) is 0 Å². The second kappa shape index (κ2) is 6.46. The lowest BCUT2D eigenvalue weighted by molar-refractivity contribution is 0.190. The quantitative estimate of drug-likeness (QED) is 0.892. The summed E-state index contributed by atoms with van der Waals surface area (Å²) in [4.78, 5) is 2.53. The summed E-state index contributed by atoms with van der Waals surface area (Å²) in [5.41, 5.74) is 2.50. The predicted octanol–water partition coefficient (Wildman–Crippen LogP) is 3.61. The molecule has 0 amide bonds. The van der Waals surface area contributed by atoms with Crippen LogP contribution in [0.2, 0.25) is 5.02 Å². The van der Waals surface area contributed by atoms with Gasteiger partial charge < -0.3 is 5.32 Å². The zero-order valence-electron chi connectivity index (χ0n) is 12.4. The number of piperidine rings is 1. The first kappa shape index (κ1) is 14.4. The Morgan fingerprint density at radius 2 is 1.95 bits per heavy atom. The lowest BCUT2D eigenvalue weighted by Gasteiger charge is -2.32. The number of aryl methyl sites for hydroxylation is 1. The van der Waals surface area contributed by atoms with Crippen molar-refractivity contribution >= 4 is 11.6 Å². The van der Waals surface area contributed by atoms with Crippen LogP contribution < -0.4 is 5.32 Å². The van der Waals surface area contributed by atoms with E-state index < -0.39 is 0 Å². The fourth-order valence-corrected chi connectivity index (χ4v) is 3.27. The molecule has 110 valence electrons. The van der Waals surface area contributed by atoms with Crippen molar-refractivity contribution in [2.24, 2.45) is 5.92 Å². The van der Waals surface area contributed by atoms with Gasteiger partial charge in [0.25, 0.3) is 0 Å². The van der Waals surface area contributed by atoms with Crippen LogP contribution in [0.15, 0.2) is 18.2 Å². The largest absolute Gasteiger partial charge is 0.314 e. The molecular weight excluding hydrogens is 268 g/mol. The summed E-state index contributed by atoms with van der Waals surface area (Å²) in [6.45, 7) is 6.70. The van der Waals surface area contributed by atoms with Crippen molar-refractivity contribution < 1.29 is 0 Å². The number of benzene rings is 1. The lowest BCUT2D eigenvalue weighted by Crippen LogP contribution is -2.42. The van der Waals surface area contributed by atoms with Crippen molar-refractivity contribution in [2.75, 3.05) is 19.6 Å². The molecule has 0 unspecified atom stereocenters. The molecule has 0 bridgehead atoms. The van der Waals surface area contributed by atoms with Gasteiger partial charge in [-0.1, -0.05) is 23.7 Å². The maximum atomic E-state index is 6.33. The number of nitrogens with zero attached hydrogens (tertiary/aromatic N) is 1. The SMILES string of the molecule is Cc1ccc(CN2CCC(NCC3CC3)CC2)c(Cl)c1. The van der Waals surface area contributed by atoms with Gasteiger partial charge >= 0.3 is 0 Å². The van der Waals surface area contributed by atoms with Gasteiger partial charge in [0.2, 0.25) is 0 Å². The minimum Gasteiger partial charge on any atom is -0.314 e. The van der Waals surface area contributed by atoms with Gasteiger partial charge in [0, 0.05) is 17.6 Å². The first-order valence-electron chi connectivity index (χ1n) is 7.91. The molecule has 3 rings (SSSR count). The van der Waals surface area contributed by atoms with Crippen molar-refractivity contribution in [1.82, 2.24) is 10.2 Å². The molecule has 2 aliphatic rings. The first-order valence-corrected chi connectivity index (χ1v) is 8.29. The number of nitrogens with one attached hydrogen (secondary N) is 1. The van der Waals surface area contributed by atoms with E-state index >= 15 is 0 Å². The van der Waals surface area contributed by atoms with Crippen LogP contribution in [-0.4, -0.2) is 30.6 Å². The van der Waals surface area contributed by atoms with Gasteiger partial charge in [-0.3, -0.25) is 4.90 Å². The van der Waals surface area contributed by atoms with Crippen molar-refractivity contribution in [3.8, 4) is 0 Å². The highest BCUT2D eigenvalue weighted by molar-refractivity contribution is 6.31.